The summed E-state index contributed by atoms with van der Waals surface area (Å²) in [7, 11) is -3.81. The molecule has 1 aromatic heterocycles. The summed E-state index contributed by atoms with van der Waals surface area (Å²) in [6.45, 7) is 9.37. The van der Waals surface area contributed by atoms with E-state index in [-0.39, 0.29) is 11.5 Å². The number of nitrogens with two attached hydrogens (primary N) is 1. The van der Waals surface area contributed by atoms with E-state index in [9.17, 15) is 18.0 Å². The minimum Gasteiger partial charge on any atom is -0.461 e. The van der Waals surface area contributed by atoms with E-state index < -0.39 is 21.9 Å². The molecule has 2 aromatic rings. The smallest absolute Gasteiger partial charge is 0.355 e. The molecule has 0 saturated carbocycles. The number of rotatable bonds is 7. The van der Waals surface area contributed by atoms with Gasteiger partial charge < -0.3 is 14.6 Å². The highest BCUT2D eigenvalue weighted by molar-refractivity contribution is 7.89. The summed E-state index contributed by atoms with van der Waals surface area (Å²) in [6.07, 6.45) is 1.63. The van der Waals surface area contributed by atoms with Crippen molar-refractivity contribution >= 4 is 27.6 Å². The van der Waals surface area contributed by atoms with Crippen molar-refractivity contribution in [3.63, 3.8) is 0 Å². The van der Waals surface area contributed by atoms with E-state index in [2.05, 4.69) is 11.9 Å². The lowest BCUT2D eigenvalue weighted by Gasteiger charge is -2.09. The Morgan fingerprint density at radius 1 is 1.25 bits per heavy atom. The van der Waals surface area contributed by atoms with Gasteiger partial charge in [0.25, 0.3) is 5.91 Å². The zero-order chi connectivity index (χ0) is 21.1. The van der Waals surface area contributed by atoms with Crippen LogP contribution in [0.4, 0.5) is 5.69 Å². The number of nitrogens with zero attached hydrogens (tertiary/aromatic N) is 1. The van der Waals surface area contributed by atoms with Gasteiger partial charge in [0.2, 0.25) is 10.0 Å². The van der Waals surface area contributed by atoms with Gasteiger partial charge in [-0.05, 0) is 50.6 Å². The third-order valence-corrected chi connectivity index (χ3v) is 5.14. The van der Waals surface area contributed by atoms with Crippen molar-refractivity contribution in [1.29, 1.82) is 0 Å². The second-order valence-electron chi connectivity index (χ2n) is 6.08. The van der Waals surface area contributed by atoms with Crippen LogP contribution in [-0.2, 0) is 21.3 Å². The first-order valence-electron chi connectivity index (χ1n) is 8.53. The Morgan fingerprint density at radius 3 is 2.36 bits per heavy atom. The molecule has 1 heterocycles. The van der Waals surface area contributed by atoms with Gasteiger partial charge in [-0.3, -0.25) is 4.79 Å². The Bertz CT molecular complexity index is 1020. The van der Waals surface area contributed by atoms with Gasteiger partial charge in [0.1, 0.15) is 5.69 Å². The van der Waals surface area contributed by atoms with Crippen molar-refractivity contribution in [2.24, 2.45) is 5.14 Å². The molecule has 28 heavy (non-hydrogen) atoms. The summed E-state index contributed by atoms with van der Waals surface area (Å²) in [5, 5.41) is 7.78. The zero-order valence-corrected chi connectivity index (χ0v) is 16.8. The highest BCUT2D eigenvalue weighted by Gasteiger charge is 2.26. The normalized spacial score (nSPS) is 11.1. The lowest BCUT2D eigenvalue weighted by molar-refractivity contribution is 0.0513. The van der Waals surface area contributed by atoms with Crippen molar-refractivity contribution in [2.45, 2.75) is 32.2 Å². The molecule has 8 nitrogen and oxygen atoms in total. The number of amides is 1. The average Bonchev–Trinajstić information content (AvgIpc) is 2.85. The van der Waals surface area contributed by atoms with Crippen LogP contribution in [0.5, 0.6) is 0 Å². The van der Waals surface area contributed by atoms with Gasteiger partial charge in [-0.25, -0.2) is 18.4 Å². The predicted molar refractivity (Wildman–Crippen MR) is 106 cm³/mol. The minimum absolute atomic E-state index is 0.0559. The van der Waals surface area contributed by atoms with Crippen molar-refractivity contribution in [3.8, 4) is 0 Å². The fraction of sp³-hybridized carbons (Fsp3) is 0.263. The van der Waals surface area contributed by atoms with E-state index >= 15 is 0 Å². The number of benzene rings is 1. The molecule has 0 bridgehead atoms. The van der Waals surface area contributed by atoms with E-state index in [1.54, 1.807) is 31.4 Å². The molecule has 150 valence electrons. The molecule has 9 heteroatoms. The number of carbonyl (C=O) groups is 2. The second kappa shape index (κ2) is 8.41. The molecule has 3 N–H and O–H groups in total. The number of ether oxygens (including phenoxy) is 1. The third kappa shape index (κ3) is 4.32. The van der Waals surface area contributed by atoms with Crippen LogP contribution in [0.15, 0.2) is 41.8 Å². The molecule has 0 atom stereocenters. The van der Waals surface area contributed by atoms with Crippen molar-refractivity contribution < 1.29 is 22.7 Å². The van der Waals surface area contributed by atoms with Crippen LogP contribution in [0, 0.1) is 13.8 Å². The second-order valence-corrected chi connectivity index (χ2v) is 7.64. The fourth-order valence-corrected chi connectivity index (χ4v) is 3.49. The van der Waals surface area contributed by atoms with Gasteiger partial charge in [0.05, 0.1) is 17.1 Å². The van der Waals surface area contributed by atoms with E-state index in [1.807, 2.05) is 0 Å². The number of anilines is 1. The Labute approximate surface area is 164 Å². The minimum atomic E-state index is -3.81. The number of nitrogens with one attached hydrogen (secondary N) is 1. The maximum absolute atomic E-state index is 12.8. The number of hydrogen-bond donors (Lipinski definition) is 2. The van der Waals surface area contributed by atoms with Crippen LogP contribution in [0.1, 0.15) is 39.0 Å². The summed E-state index contributed by atoms with van der Waals surface area (Å²) in [4.78, 5) is 25.1. The Morgan fingerprint density at radius 2 is 1.86 bits per heavy atom. The SMILES string of the molecule is C=CCn1c(C)c(C(=O)Nc2ccc(S(N)(=O)=O)cc2)c(C)c1C(=O)OCC. The molecule has 0 fully saturated rings. The quantitative estimate of drug-likeness (QED) is 0.541. The Kier molecular flexibility index (Phi) is 6.42. The standard InChI is InChI=1S/C19H23N3O5S/c1-5-11-22-13(4)16(12(3)17(22)19(24)27-6-2)18(23)21-14-7-9-15(10-8-14)28(20,25)26/h5,7-10H,1,6,11H2,2-4H3,(H,21,23)(H2,20,25,26). The van der Waals surface area contributed by atoms with Gasteiger partial charge in [-0.15, -0.1) is 6.58 Å². The number of sulfonamides is 1. The average molecular weight is 405 g/mol. The van der Waals surface area contributed by atoms with Crippen molar-refractivity contribution in [2.75, 3.05) is 11.9 Å². The first-order chi connectivity index (χ1) is 13.1. The zero-order valence-electron chi connectivity index (χ0n) is 16.0. The van der Waals surface area contributed by atoms with Crippen LogP contribution >= 0.6 is 0 Å². The van der Waals surface area contributed by atoms with Crippen LogP contribution < -0.4 is 10.5 Å². The number of primary sulfonamides is 1. The van der Waals surface area contributed by atoms with Gasteiger partial charge in [0.15, 0.2) is 0 Å². The molecule has 1 aromatic carbocycles. The molecule has 0 saturated heterocycles. The van der Waals surface area contributed by atoms with Gasteiger partial charge in [-0.2, -0.15) is 0 Å². The van der Waals surface area contributed by atoms with Crippen molar-refractivity contribution in [3.05, 3.63) is 59.4 Å². The van der Waals surface area contributed by atoms with Gasteiger partial charge >= 0.3 is 5.97 Å². The molecule has 0 aliphatic rings. The van der Waals surface area contributed by atoms with Crippen LogP contribution in [0.3, 0.4) is 0 Å². The fourth-order valence-electron chi connectivity index (χ4n) is 2.97. The lowest BCUT2D eigenvalue weighted by Crippen LogP contribution is -2.15. The highest BCUT2D eigenvalue weighted by Crippen LogP contribution is 2.25. The number of aromatic nitrogens is 1. The van der Waals surface area contributed by atoms with E-state index in [1.165, 1.54) is 24.3 Å². The van der Waals surface area contributed by atoms with Crippen molar-refractivity contribution in [1.82, 2.24) is 4.57 Å². The number of hydrogen-bond acceptors (Lipinski definition) is 5. The monoisotopic (exact) mass is 405 g/mol. The Balaban J connectivity index is 2.41. The molecule has 0 aliphatic carbocycles. The molecular weight excluding hydrogens is 382 g/mol. The van der Waals surface area contributed by atoms with E-state index in [0.29, 0.717) is 34.7 Å². The van der Waals surface area contributed by atoms with Crippen LogP contribution in [0.25, 0.3) is 0 Å². The number of carbonyl (C=O) groups excluding carboxylic acids is 2. The molecule has 1 amide bonds. The molecule has 0 radical (unpaired) electrons. The lowest BCUT2D eigenvalue weighted by atomic mass is 10.1. The largest absolute Gasteiger partial charge is 0.461 e. The predicted octanol–water partition coefficient (Wildman–Crippen LogP) is 2.37. The van der Waals surface area contributed by atoms with Gasteiger partial charge in [-0.1, -0.05) is 6.08 Å². The molecule has 0 spiro atoms. The number of allylic oxidation sites excluding steroid dienone is 1. The van der Waals surface area contributed by atoms with E-state index in [4.69, 9.17) is 9.88 Å². The summed E-state index contributed by atoms with van der Waals surface area (Å²) >= 11 is 0. The Hall–Kier alpha value is -2.91. The first kappa shape index (κ1) is 21.4. The highest BCUT2D eigenvalue weighted by atomic mass is 32.2. The topological polar surface area (TPSA) is 120 Å². The molecule has 2 rings (SSSR count). The first-order valence-corrected chi connectivity index (χ1v) is 10.1. The summed E-state index contributed by atoms with van der Waals surface area (Å²) in [6, 6.07) is 5.49. The molecular formula is C19H23N3O5S. The van der Waals surface area contributed by atoms with Gasteiger partial charge in [0, 0.05) is 17.9 Å². The van der Waals surface area contributed by atoms with Crippen LogP contribution in [0.2, 0.25) is 0 Å². The maximum atomic E-state index is 12.8. The third-order valence-electron chi connectivity index (χ3n) is 4.22. The molecule has 0 unspecified atom stereocenters. The van der Waals surface area contributed by atoms with E-state index in [0.717, 1.165) is 0 Å². The summed E-state index contributed by atoms with van der Waals surface area (Å²) in [5.74, 6) is -0.937. The molecule has 0 aliphatic heterocycles. The maximum Gasteiger partial charge on any atom is 0.355 e. The number of esters is 1. The van der Waals surface area contributed by atoms with Crippen LogP contribution in [-0.4, -0.2) is 31.5 Å². The summed E-state index contributed by atoms with van der Waals surface area (Å²) < 4.78 is 29.5. The summed E-state index contributed by atoms with van der Waals surface area (Å²) in [5.41, 5.74) is 2.13.